The molecule has 1 aliphatic rings. The Balaban J connectivity index is 1.99. The minimum atomic E-state index is -1.73. The summed E-state index contributed by atoms with van der Waals surface area (Å²) in [5.74, 6) is -1.08. The number of aliphatic carboxylic acids is 1. The fourth-order valence-corrected chi connectivity index (χ4v) is 2.49. The Morgan fingerprint density at radius 1 is 1.17 bits per heavy atom. The van der Waals surface area contributed by atoms with E-state index in [0.717, 1.165) is 24.9 Å². The Bertz CT molecular complexity index is 536. The summed E-state index contributed by atoms with van der Waals surface area (Å²) < 4.78 is 10.5. The van der Waals surface area contributed by atoms with Gasteiger partial charge in [-0.05, 0) is 44.1 Å². The second-order valence-electron chi connectivity index (χ2n) is 5.70. The van der Waals surface area contributed by atoms with Crippen LogP contribution in [0.1, 0.15) is 12.0 Å². The van der Waals surface area contributed by atoms with Crippen LogP contribution in [0, 0.1) is 0 Å². The van der Waals surface area contributed by atoms with Gasteiger partial charge < -0.3 is 35.2 Å². The highest BCUT2D eigenvalue weighted by Crippen LogP contribution is 2.25. The molecule has 0 aromatic heterocycles. The van der Waals surface area contributed by atoms with E-state index < -0.39 is 36.7 Å². The molecule has 8 heteroatoms. The smallest absolute Gasteiger partial charge is 0.335 e. The Labute approximate surface area is 139 Å². The molecule has 0 saturated carbocycles. The van der Waals surface area contributed by atoms with E-state index in [4.69, 9.17) is 14.6 Å². The van der Waals surface area contributed by atoms with E-state index in [1.54, 1.807) is 12.1 Å². The van der Waals surface area contributed by atoms with Gasteiger partial charge in [0, 0.05) is 0 Å². The Hall–Kier alpha value is -1.71. The first-order chi connectivity index (χ1) is 11.4. The molecule has 5 N–H and O–H groups in total. The molecule has 0 bridgehead atoms. The topological polar surface area (TPSA) is 128 Å². The van der Waals surface area contributed by atoms with E-state index in [1.807, 2.05) is 19.2 Å². The molecule has 8 nitrogen and oxygen atoms in total. The standard InChI is InChI=1S/C16H23NO7/c1-17-8-2-3-9-4-6-10(7-5-9)23-16-13(20)11(18)12(19)14(24-16)15(21)22/h4-7,11-14,16-20H,2-3,8H2,1H3,(H,21,22)/t11-,12-,13+,14-,16+/m0/s1. The predicted molar refractivity (Wildman–Crippen MR) is 83.6 cm³/mol. The summed E-state index contributed by atoms with van der Waals surface area (Å²) >= 11 is 0. The van der Waals surface area contributed by atoms with Crippen molar-refractivity contribution in [1.82, 2.24) is 5.32 Å². The number of nitrogens with one attached hydrogen (secondary N) is 1. The number of ether oxygens (including phenoxy) is 2. The maximum Gasteiger partial charge on any atom is 0.335 e. The summed E-state index contributed by atoms with van der Waals surface area (Å²) in [7, 11) is 1.89. The second-order valence-corrected chi connectivity index (χ2v) is 5.70. The van der Waals surface area contributed by atoms with Crippen LogP contribution in [0.3, 0.4) is 0 Å². The summed E-state index contributed by atoms with van der Waals surface area (Å²) in [5.41, 5.74) is 1.11. The average molecular weight is 341 g/mol. The van der Waals surface area contributed by atoms with Crippen LogP contribution in [0.25, 0.3) is 0 Å². The molecule has 1 saturated heterocycles. The molecule has 1 heterocycles. The van der Waals surface area contributed by atoms with Crippen molar-refractivity contribution in [2.24, 2.45) is 0 Å². The van der Waals surface area contributed by atoms with Crippen LogP contribution in [-0.2, 0) is 16.0 Å². The number of carbonyl (C=O) groups is 1. The number of aliphatic hydroxyl groups is 3. The fourth-order valence-electron chi connectivity index (χ4n) is 2.49. The van der Waals surface area contributed by atoms with E-state index in [9.17, 15) is 20.1 Å². The van der Waals surface area contributed by atoms with Crippen molar-refractivity contribution in [3.63, 3.8) is 0 Å². The highest BCUT2D eigenvalue weighted by molar-refractivity contribution is 5.73. The van der Waals surface area contributed by atoms with Gasteiger partial charge >= 0.3 is 5.97 Å². The molecule has 5 atom stereocenters. The zero-order valence-electron chi connectivity index (χ0n) is 13.3. The third-order valence-electron chi connectivity index (χ3n) is 3.88. The molecule has 1 aromatic rings. The minimum absolute atomic E-state index is 0.365. The van der Waals surface area contributed by atoms with Crippen molar-refractivity contribution in [2.75, 3.05) is 13.6 Å². The number of carboxylic acid groups (broad SMARTS) is 1. The van der Waals surface area contributed by atoms with E-state index in [0.29, 0.717) is 5.75 Å². The van der Waals surface area contributed by atoms with Crippen molar-refractivity contribution < 1.29 is 34.7 Å². The molecule has 1 aromatic carbocycles. The highest BCUT2D eigenvalue weighted by Gasteiger charge is 2.48. The van der Waals surface area contributed by atoms with Crippen LogP contribution in [0.15, 0.2) is 24.3 Å². The SMILES string of the molecule is CNCCCc1ccc(O[C@@H]2O[C@H](C(=O)O)[C@@H](O)[C@H](O)[C@H]2O)cc1. The molecule has 1 aliphatic heterocycles. The van der Waals surface area contributed by atoms with Gasteiger partial charge in [0.25, 0.3) is 0 Å². The van der Waals surface area contributed by atoms with E-state index in [2.05, 4.69) is 5.32 Å². The number of hydrogen-bond acceptors (Lipinski definition) is 7. The van der Waals surface area contributed by atoms with Crippen LogP contribution < -0.4 is 10.1 Å². The second kappa shape index (κ2) is 8.41. The van der Waals surface area contributed by atoms with Gasteiger partial charge in [0.15, 0.2) is 6.10 Å². The highest BCUT2D eigenvalue weighted by atomic mass is 16.7. The molecule has 2 rings (SSSR count). The van der Waals surface area contributed by atoms with Gasteiger partial charge in [0.2, 0.25) is 6.29 Å². The van der Waals surface area contributed by atoms with Crippen molar-refractivity contribution in [2.45, 2.75) is 43.5 Å². The van der Waals surface area contributed by atoms with Crippen molar-refractivity contribution in [3.8, 4) is 5.75 Å². The third kappa shape index (κ3) is 4.43. The number of hydrogen-bond donors (Lipinski definition) is 5. The normalized spacial score (nSPS) is 30.1. The van der Waals surface area contributed by atoms with E-state index in [1.165, 1.54) is 0 Å². The van der Waals surface area contributed by atoms with Gasteiger partial charge in [0.05, 0.1) is 0 Å². The van der Waals surface area contributed by atoms with Crippen LogP contribution in [0.2, 0.25) is 0 Å². The van der Waals surface area contributed by atoms with Crippen molar-refractivity contribution in [1.29, 1.82) is 0 Å². The van der Waals surface area contributed by atoms with Crippen LogP contribution in [0.5, 0.6) is 5.75 Å². The number of rotatable bonds is 7. The largest absolute Gasteiger partial charge is 0.479 e. The molecule has 0 aliphatic carbocycles. The van der Waals surface area contributed by atoms with Gasteiger partial charge in [-0.15, -0.1) is 0 Å². The summed E-state index contributed by atoms with van der Waals surface area (Å²) in [4.78, 5) is 11.0. The molecular formula is C16H23NO7. The van der Waals surface area contributed by atoms with Gasteiger partial charge in [-0.25, -0.2) is 4.79 Å². The lowest BCUT2D eigenvalue weighted by Gasteiger charge is -2.38. The minimum Gasteiger partial charge on any atom is -0.479 e. The molecule has 24 heavy (non-hydrogen) atoms. The van der Waals surface area contributed by atoms with Gasteiger partial charge in [-0.2, -0.15) is 0 Å². The van der Waals surface area contributed by atoms with Crippen LogP contribution in [0.4, 0.5) is 0 Å². The molecule has 1 fully saturated rings. The number of aryl methyl sites for hydroxylation is 1. The lowest BCUT2D eigenvalue weighted by molar-refractivity contribution is -0.271. The maximum absolute atomic E-state index is 11.0. The first-order valence-electron chi connectivity index (χ1n) is 7.76. The van der Waals surface area contributed by atoms with E-state index in [-0.39, 0.29) is 0 Å². The summed E-state index contributed by atoms with van der Waals surface area (Å²) in [6.07, 6.45) is -6.14. The quantitative estimate of drug-likeness (QED) is 0.404. The number of benzene rings is 1. The Morgan fingerprint density at radius 3 is 2.42 bits per heavy atom. The summed E-state index contributed by atoms with van der Waals surface area (Å²) in [6, 6.07) is 7.08. The van der Waals surface area contributed by atoms with E-state index >= 15 is 0 Å². The van der Waals surface area contributed by atoms with Gasteiger partial charge in [-0.1, -0.05) is 12.1 Å². The molecule has 0 unspecified atom stereocenters. The lowest BCUT2D eigenvalue weighted by Crippen LogP contribution is -2.61. The Morgan fingerprint density at radius 2 is 1.83 bits per heavy atom. The first-order valence-corrected chi connectivity index (χ1v) is 7.76. The zero-order valence-corrected chi connectivity index (χ0v) is 13.3. The van der Waals surface area contributed by atoms with Crippen LogP contribution >= 0.6 is 0 Å². The molecule has 0 spiro atoms. The zero-order chi connectivity index (χ0) is 17.7. The maximum atomic E-state index is 11.0. The summed E-state index contributed by atoms with van der Waals surface area (Å²) in [5, 5.41) is 41.3. The fraction of sp³-hybridized carbons (Fsp3) is 0.562. The molecule has 0 amide bonds. The summed E-state index contributed by atoms with van der Waals surface area (Å²) in [6.45, 7) is 0.914. The van der Waals surface area contributed by atoms with Gasteiger partial charge in [-0.3, -0.25) is 0 Å². The molecular weight excluding hydrogens is 318 g/mol. The van der Waals surface area contributed by atoms with Crippen LogP contribution in [-0.4, -0.2) is 70.7 Å². The molecule has 0 radical (unpaired) electrons. The average Bonchev–Trinajstić information content (AvgIpc) is 2.56. The van der Waals surface area contributed by atoms with Crippen molar-refractivity contribution >= 4 is 5.97 Å². The lowest BCUT2D eigenvalue weighted by atomic mass is 9.99. The molecule has 134 valence electrons. The van der Waals surface area contributed by atoms with Gasteiger partial charge in [0.1, 0.15) is 24.1 Å². The Kier molecular flexibility index (Phi) is 6.52. The predicted octanol–water partition coefficient (Wildman–Crippen LogP) is -0.890. The first kappa shape index (κ1) is 18.6. The van der Waals surface area contributed by atoms with Crippen molar-refractivity contribution in [3.05, 3.63) is 29.8 Å². The monoisotopic (exact) mass is 341 g/mol. The third-order valence-corrected chi connectivity index (χ3v) is 3.88. The number of aliphatic hydroxyl groups excluding tert-OH is 3. The number of carboxylic acids is 1.